The van der Waals surface area contributed by atoms with Gasteiger partial charge in [-0.3, -0.25) is 4.79 Å². The fourth-order valence-electron chi connectivity index (χ4n) is 4.96. The molecule has 1 aromatic carbocycles. The molecule has 28 heavy (non-hydrogen) atoms. The van der Waals surface area contributed by atoms with Crippen LogP contribution in [0.4, 0.5) is 5.82 Å². The number of H-pyrrole nitrogens is 1. The van der Waals surface area contributed by atoms with Crippen LogP contribution in [-0.2, 0) is 6.54 Å². The van der Waals surface area contributed by atoms with E-state index in [2.05, 4.69) is 25.9 Å². The van der Waals surface area contributed by atoms with E-state index in [1.54, 1.807) is 12.4 Å². The van der Waals surface area contributed by atoms with Crippen LogP contribution < -0.4 is 10.5 Å². The van der Waals surface area contributed by atoms with E-state index in [0.717, 1.165) is 59.5 Å². The largest absolute Gasteiger partial charge is 0.354 e. The van der Waals surface area contributed by atoms with Crippen molar-refractivity contribution in [2.75, 3.05) is 18.0 Å². The SMILES string of the molecule is O=c1cccc2n1C[C@@H]1C[C@@H]2CN(c2ncnc3c2[nH]c2ccc(Cl)cc23)C1. The van der Waals surface area contributed by atoms with E-state index in [1.165, 1.54) is 0 Å². The van der Waals surface area contributed by atoms with Crippen molar-refractivity contribution in [3.8, 4) is 0 Å². The van der Waals surface area contributed by atoms with Crippen LogP contribution in [0.15, 0.2) is 47.5 Å². The Morgan fingerprint density at radius 2 is 2.04 bits per heavy atom. The molecule has 2 aliphatic rings. The van der Waals surface area contributed by atoms with Crippen LogP contribution >= 0.6 is 11.6 Å². The van der Waals surface area contributed by atoms with Gasteiger partial charge in [0.15, 0.2) is 5.82 Å². The Kier molecular flexibility index (Phi) is 3.35. The zero-order valence-corrected chi connectivity index (χ0v) is 15.9. The van der Waals surface area contributed by atoms with Crippen LogP contribution in [0.2, 0.25) is 5.02 Å². The molecule has 1 saturated heterocycles. The van der Waals surface area contributed by atoms with Crippen molar-refractivity contribution in [1.82, 2.24) is 19.5 Å². The predicted molar refractivity (Wildman–Crippen MR) is 110 cm³/mol. The average molecular weight is 392 g/mol. The number of pyridine rings is 1. The number of nitrogens with one attached hydrogen (secondary N) is 1. The number of aromatic nitrogens is 4. The first-order chi connectivity index (χ1) is 13.7. The number of benzene rings is 1. The summed E-state index contributed by atoms with van der Waals surface area (Å²) in [6.45, 7) is 2.51. The first-order valence-corrected chi connectivity index (χ1v) is 9.92. The summed E-state index contributed by atoms with van der Waals surface area (Å²) in [4.78, 5) is 27.2. The van der Waals surface area contributed by atoms with Crippen LogP contribution in [0.5, 0.6) is 0 Å². The number of hydrogen-bond donors (Lipinski definition) is 1. The minimum atomic E-state index is 0.109. The van der Waals surface area contributed by atoms with Crippen LogP contribution in [-0.4, -0.2) is 32.6 Å². The van der Waals surface area contributed by atoms with E-state index in [4.69, 9.17) is 11.6 Å². The predicted octanol–water partition coefficient (Wildman–Crippen LogP) is 3.55. The molecule has 3 aromatic heterocycles. The zero-order valence-electron chi connectivity index (χ0n) is 15.1. The second kappa shape index (κ2) is 5.82. The molecule has 1 N–H and O–H groups in total. The van der Waals surface area contributed by atoms with E-state index in [1.807, 2.05) is 28.8 Å². The minimum absolute atomic E-state index is 0.109. The molecule has 2 bridgehead atoms. The van der Waals surface area contributed by atoms with Gasteiger partial charge in [-0.2, -0.15) is 0 Å². The van der Waals surface area contributed by atoms with Crippen LogP contribution in [0.1, 0.15) is 18.0 Å². The van der Waals surface area contributed by atoms with E-state index in [9.17, 15) is 4.79 Å². The summed E-state index contributed by atoms with van der Waals surface area (Å²) in [6.07, 6.45) is 2.76. The number of piperidine rings is 1. The Morgan fingerprint density at radius 3 is 2.96 bits per heavy atom. The van der Waals surface area contributed by atoms with Crippen LogP contribution in [0, 0.1) is 5.92 Å². The van der Waals surface area contributed by atoms with Crippen LogP contribution in [0.25, 0.3) is 21.9 Å². The monoisotopic (exact) mass is 391 g/mol. The van der Waals surface area contributed by atoms with Gasteiger partial charge in [-0.25, -0.2) is 9.97 Å². The van der Waals surface area contributed by atoms with Crippen molar-refractivity contribution in [3.05, 3.63) is 63.8 Å². The van der Waals surface area contributed by atoms with E-state index < -0.39 is 0 Å². The third-order valence-electron chi connectivity index (χ3n) is 6.10. The fraction of sp³-hybridized carbons (Fsp3) is 0.286. The minimum Gasteiger partial charge on any atom is -0.354 e. The third kappa shape index (κ3) is 2.31. The third-order valence-corrected chi connectivity index (χ3v) is 6.34. The smallest absolute Gasteiger partial charge is 0.250 e. The fourth-order valence-corrected chi connectivity index (χ4v) is 5.13. The summed E-state index contributed by atoms with van der Waals surface area (Å²) in [7, 11) is 0. The first kappa shape index (κ1) is 16.1. The van der Waals surface area contributed by atoms with Gasteiger partial charge in [0, 0.05) is 53.2 Å². The Labute approximate surface area is 165 Å². The molecular formula is C21H18ClN5O. The van der Waals surface area contributed by atoms with Gasteiger partial charge in [0.1, 0.15) is 17.4 Å². The lowest BCUT2D eigenvalue weighted by molar-refractivity contribution is 0.281. The molecular weight excluding hydrogens is 374 g/mol. The Hall–Kier alpha value is -2.86. The van der Waals surface area contributed by atoms with Crippen molar-refractivity contribution >= 4 is 39.4 Å². The second-order valence-electron chi connectivity index (χ2n) is 7.84. The highest BCUT2D eigenvalue weighted by molar-refractivity contribution is 6.31. The number of halogens is 1. The summed E-state index contributed by atoms with van der Waals surface area (Å²) in [5, 5.41) is 1.71. The quantitative estimate of drug-likeness (QED) is 0.539. The van der Waals surface area contributed by atoms with Gasteiger partial charge in [-0.1, -0.05) is 17.7 Å². The van der Waals surface area contributed by atoms with Gasteiger partial charge >= 0.3 is 0 Å². The van der Waals surface area contributed by atoms with E-state index in [0.29, 0.717) is 16.9 Å². The van der Waals surface area contributed by atoms with E-state index >= 15 is 0 Å². The average Bonchev–Trinajstić information content (AvgIpc) is 3.07. The molecule has 6 rings (SSSR count). The molecule has 140 valence electrons. The lowest BCUT2D eigenvalue weighted by Gasteiger charge is -2.43. The normalized spacial score (nSPS) is 21.2. The van der Waals surface area contributed by atoms with Crippen molar-refractivity contribution in [1.29, 1.82) is 0 Å². The molecule has 5 heterocycles. The summed E-state index contributed by atoms with van der Waals surface area (Å²) in [5.74, 6) is 1.71. The highest BCUT2D eigenvalue weighted by Gasteiger charge is 2.35. The molecule has 0 amide bonds. The molecule has 0 unspecified atom stereocenters. The Morgan fingerprint density at radius 1 is 1.11 bits per heavy atom. The highest BCUT2D eigenvalue weighted by atomic mass is 35.5. The Balaban J connectivity index is 1.47. The van der Waals surface area contributed by atoms with Gasteiger partial charge in [0.05, 0.1) is 0 Å². The number of rotatable bonds is 1. The topological polar surface area (TPSA) is 66.8 Å². The standard InChI is InChI=1S/C21H18ClN5O/c22-14-4-5-16-15(7-14)19-20(25-16)21(24-11-23-19)26-8-12-6-13(10-26)17-2-1-3-18(28)27(17)9-12/h1-5,7,11-13,25H,6,8-10H2/t12-,13-/m1/s1. The van der Waals surface area contributed by atoms with Gasteiger partial charge in [-0.15, -0.1) is 0 Å². The maximum atomic E-state index is 12.3. The maximum absolute atomic E-state index is 12.3. The van der Waals surface area contributed by atoms with Crippen molar-refractivity contribution in [2.45, 2.75) is 18.9 Å². The van der Waals surface area contributed by atoms with Gasteiger partial charge in [0.2, 0.25) is 0 Å². The summed E-state index contributed by atoms with van der Waals surface area (Å²) < 4.78 is 1.96. The lowest BCUT2D eigenvalue weighted by atomic mass is 9.83. The summed E-state index contributed by atoms with van der Waals surface area (Å²) in [5.41, 5.74) is 4.11. The number of aromatic amines is 1. The number of nitrogens with zero attached hydrogens (tertiary/aromatic N) is 4. The maximum Gasteiger partial charge on any atom is 0.250 e. The molecule has 4 aromatic rings. The number of hydrogen-bond acceptors (Lipinski definition) is 4. The molecule has 7 heteroatoms. The molecule has 0 aliphatic carbocycles. The molecule has 1 fully saturated rings. The second-order valence-corrected chi connectivity index (χ2v) is 8.28. The highest BCUT2D eigenvalue weighted by Crippen LogP contribution is 2.38. The van der Waals surface area contributed by atoms with Crippen molar-refractivity contribution in [2.24, 2.45) is 5.92 Å². The van der Waals surface area contributed by atoms with Crippen LogP contribution in [0.3, 0.4) is 0 Å². The summed E-state index contributed by atoms with van der Waals surface area (Å²) in [6, 6.07) is 11.4. The number of anilines is 1. The van der Waals surface area contributed by atoms with Gasteiger partial charge in [0.25, 0.3) is 5.56 Å². The van der Waals surface area contributed by atoms with E-state index in [-0.39, 0.29) is 5.56 Å². The molecule has 0 saturated carbocycles. The van der Waals surface area contributed by atoms with Crippen molar-refractivity contribution in [3.63, 3.8) is 0 Å². The lowest BCUT2D eigenvalue weighted by Crippen LogP contribution is -2.47. The molecule has 2 aliphatic heterocycles. The number of fused-ring (bicyclic) bond motifs is 7. The zero-order chi connectivity index (χ0) is 18.8. The molecule has 0 spiro atoms. The van der Waals surface area contributed by atoms with Crippen molar-refractivity contribution < 1.29 is 0 Å². The van der Waals surface area contributed by atoms with Gasteiger partial charge < -0.3 is 14.5 Å². The molecule has 0 radical (unpaired) electrons. The summed E-state index contributed by atoms with van der Waals surface area (Å²) >= 11 is 6.19. The Bertz CT molecular complexity index is 1290. The first-order valence-electron chi connectivity index (χ1n) is 9.54. The van der Waals surface area contributed by atoms with Gasteiger partial charge in [-0.05, 0) is 36.6 Å². The molecule has 6 nitrogen and oxygen atoms in total. The molecule has 2 atom stereocenters.